The second-order valence-electron chi connectivity index (χ2n) is 6.58. The van der Waals surface area contributed by atoms with E-state index in [4.69, 9.17) is 9.15 Å². The molecular weight excluding hydrogens is 316 g/mol. The van der Waals surface area contributed by atoms with Crippen LogP contribution < -0.4 is 5.32 Å². The number of hydrogen-bond donors (Lipinski definition) is 1. The van der Waals surface area contributed by atoms with Crippen LogP contribution in [0.25, 0.3) is 0 Å². The predicted octanol–water partition coefficient (Wildman–Crippen LogP) is 2.56. The molecular formula is C19H22N4O2. The van der Waals surface area contributed by atoms with Crippen molar-refractivity contribution in [3.63, 3.8) is 0 Å². The number of aromatic nitrogens is 1. The Morgan fingerprint density at radius 2 is 2.00 bits per heavy atom. The van der Waals surface area contributed by atoms with Gasteiger partial charge in [-0.2, -0.15) is 5.26 Å². The van der Waals surface area contributed by atoms with Crippen LogP contribution in [0.2, 0.25) is 0 Å². The molecule has 1 aliphatic heterocycles. The molecule has 2 atom stereocenters. The molecule has 2 aliphatic rings. The molecule has 1 aromatic heterocycles. The fraction of sp³-hybridized carbons (Fsp3) is 0.474. The number of hydrogen-bond acceptors (Lipinski definition) is 6. The number of anilines is 1. The lowest BCUT2D eigenvalue weighted by Crippen LogP contribution is -2.39. The second-order valence-corrected chi connectivity index (χ2v) is 6.58. The lowest BCUT2D eigenvalue weighted by molar-refractivity contribution is 0.0398. The van der Waals surface area contributed by atoms with Crippen LogP contribution in [0.4, 0.5) is 5.88 Å². The zero-order chi connectivity index (χ0) is 17.1. The van der Waals surface area contributed by atoms with Gasteiger partial charge in [-0.05, 0) is 17.9 Å². The maximum atomic E-state index is 9.33. The van der Waals surface area contributed by atoms with E-state index in [9.17, 15) is 5.26 Å². The Balaban J connectivity index is 1.36. The largest absolute Gasteiger partial charge is 0.424 e. The van der Waals surface area contributed by atoms with Gasteiger partial charge in [0.15, 0.2) is 0 Å². The van der Waals surface area contributed by atoms with Crippen molar-refractivity contribution in [2.45, 2.75) is 18.3 Å². The van der Waals surface area contributed by atoms with Gasteiger partial charge in [0.1, 0.15) is 6.07 Å². The first-order valence-corrected chi connectivity index (χ1v) is 8.85. The van der Waals surface area contributed by atoms with Gasteiger partial charge in [-0.3, -0.25) is 4.90 Å². The monoisotopic (exact) mass is 338 g/mol. The standard InChI is InChI=1S/C19H22N4O2/c20-13-17-19(21-6-7-23-8-10-24-11-9-23)25-18(22-17)16-12-15(16)14-4-2-1-3-5-14/h1-5,15-16,21H,6-12H2/t15-,16+/m0/s1. The highest BCUT2D eigenvalue weighted by atomic mass is 16.5. The van der Waals surface area contributed by atoms with Gasteiger partial charge in [0, 0.05) is 32.1 Å². The topological polar surface area (TPSA) is 74.3 Å². The van der Waals surface area contributed by atoms with E-state index in [1.807, 2.05) is 6.07 Å². The summed E-state index contributed by atoms with van der Waals surface area (Å²) in [5, 5.41) is 12.6. The van der Waals surface area contributed by atoms with Crippen LogP contribution in [0.5, 0.6) is 0 Å². The zero-order valence-corrected chi connectivity index (χ0v) is 14.1. The fourth-order valence-corrected chi connectivity index (χ4v) is 3.38. The van der Waals surface area contributed by atoms with Crippen LogP contribution in [0.3, 0.4) is 0 Å². The van der Waals surface area contributed by atoms with E-state index in [0.29, 0.717) is 23.4 Å². The molecule has 1 aliphatic carbocycles. The van der Waals surface area contributed by atoms with Gasteiger partial charge < -0.3 is 14.5 Å². The van der Waals surface area contributed by atoms with Gasteiger partial charge in [0.05, 0.1) is 13.2 Å². The van der Waals surface area contributed by atoms with Gasteiger partial charge >= 0.3 is 0 Å². The first-order chi connectivity index (χ1) is 12.3. The maximum Gasteiger partial charge on any atom is 0.232 e. The first-order valence-electron chi connectivity index (χ1n) is 8.85. The molecule has 0 unspecified atom stereocenters. The zero-order valence-electron chi connectivity index (χ0n) is 14.1. The SMILES string of the molecule is N#Cc1nc([C@@H]2C[C@H]2c2ccccc2)oc1NCCN1CCOCC1. The maximum absolute atomic E-state index is 9.33. The molecule has 4 rings (SSSR count). The summed E-state index contributed by atoms with van der Waals surface area (Å²) in [5.41, 5.74) is 1.67. The van der Waals surface area contributed by atoms with E-state index in [1.165, 1.54) is 5.56 Å². The highest BCUT2D eigenvalue weighted by molar-refractivity contribution is 5.46. The molecule has 0 radical (unpaired) electrons. The normalized spacial score (nSPS) is 23.2. The van der Waals surface area contributed by atoms with Crippen molar-refractivity contribution >= 4 is 5.88 Å². The summed E-state index contributed by atoms with van der Waals surface area (Å²) in [6.07, 6.45) is 1.03. The smallest absolute Gasteiger partial charge is 0.232 e. The van der Waals surface area contributed by atoms with E-state index >= 15 is 0 Å². The summed E-state index contributed by atoms with van der Waals surface area (Å²) in [4.78, 5) is 6.75. The third-order valence-electron chi connectivity index (χ3n) is 4.90. The molecule has 2 fully saturated rings. The number of ether oxygens (including phenoxy) is 1. The van der Waals surface area contributed by atoms with Crippen molar-refractivity contribution in [2.75, 3.05) is 44.7 Å². The van der Waals surface area contributed by atoms with Gasteiger partial charge in [-0.25, -0.2) is 4.98 Å². The molecule has 0 amide bonds. The van der Waals surface area contributed by atoms with Crippen molar-refractivity contribution in [1.82, 2.24) is 9.88 Å². The van der Waals surface area contributed by atoms with Crippen LogP contribution >= 0.6 is 0 Å². The Kier molecular flexibility index (Phi) is 4.68. The molecule has 1 saturated heterocycles. The minimum atomic E-state index is 0.282. The minimum absolute atomic E-state index is 0.282. The Labute approximate surface area is 147 Å². The average molecular weight is 338 g/mol. The number of morpholine rings is 1. The lowest BCUT2D eigenvalue weighted by atomic mass is 10.1. The molecule has 1 aromatic carbocycles. The molecule has 1 saturated carbocycles. The second kappa shape index (κ2) is 7.26. The highest BCUT2D eigenvalue weighted by Gasteiger charge is 2.43. The van der Waals surface area contributed by atoms with E-state index < -0.39 is 0 Å². The molecule has 6 heteroatoms. The molecule has 2 heterocycles. The Morgan fingerprint density at radius 3 is 2.76 bits per heavy atom. The molecule has 25 heavy (non-hydrogen) atoms. The van der Waals surface area contributed by atoms with Gasteiger partial charge in [-0.15, -0.1) is 0 Å². The summed E-state index contributed by atoms with van der Waals surface area (Å²) in [6.45, 7) is 5.12. The van der Waals surface area contributed by atoms with Crippen LogP contribution in [0.1, 0.15) is 35.4 Å². The average Bonchev–Trinajstić information content (AvgIpc) is 3.37. The summed E-state index contributed by atoms with van der Waals surface area (Å²) in [5.74, 6) is 1.92. The molecule has 6 nitrogen and oxygen atoms in total. The minimum Gasteiger partial charge on any atom is -0.424 e. The number of nitriles is 1. The van der Waals surface area contributed by atoms with E-state index in [1.54, 1.807) is 0 Å². The van der Waals surface area contributed by atoms with Gasteiger partial charge in [0.2, 0.25) is 17.5 Å². The Morgan fingerprint density at radius 1 is 1.20 bits per heavy atom. The van der Waals surface area contributed by atoms with Crippen LogP contribution in [-0.2, 0) is 4.74 Å². The number of nitrogens with one attached hydrogen (secondary N) is 1. The molecule has 1 N–H and O–H groups in total. The Bertz CT molecular complexity index is 747. The fourth-order valence-electron chi connectivity index (χ4n) is 3.38. The number of oxazole rings is 1. The number of benzene rings is 1. The molecule has 2 aromatic rings. The third-order valence-corrected chi connectivity index (χ3v) is 4.90. The van der Waals surface area contributed by atoms with Gasteiger partial charge in [0.25, 0.3) is 0 Å². The molecule has 130 valence electrons. The Hall–Kier alpha value is -2.36. The molecule has 0 bridgehead atoms. The van der Waals surface area contributed by atoms with Crippen LogP contribution in [-0.4, -0.2) is 49.3 Å². The number of rotatable bonds is 6. The van der Waals surface area contributed by atoms with Crippen molar-refractivity contribution in [3.8, 4) is 6.07 Å². The van der Waals surface area contributed by atoms with E-state index in [-0.39, 0.29) is 5.92 Å². The summed E-state index contributed by atoms with van der Waals surface area (Å²) < 4.78 is 11.2. The lowest BCUT2D eigenvalue weighted by Gasteiger charge is -2.26. The summed E-state index contributed by atoms with van der Waals surface area (Å²) in [7, 11) is 0. The van der Waals surface area contributed by atoms with Crippen molar-refractivity contribution in [1.29, 1.82) is 5.26 Å². The quantitative estimate of drug-likeness (QED) is 0.872. The first kappa shape index (κ1) is 16.1. The van der Waals surface area contributed by atoms with Gasteiger partial charge in [-0.1, -0.05) is 30.3 Å². The van der Waals surface area contributed by atoms with Crippen molar-refractivity contribution in [3.05, 3.63) is 47.5 Å². The highest BCUT2D eigenvalue weighted by Crippen LogP contribution is 2.54. The van der Waals surface area contributed by atoms with E-state index in [2.05, 4.69) is 45.5 Å². The van der Waals surface area contributed by atoms with Crippen molar-refractivity contribution < 1.29 is 9.15 Å². The third kappa shape index (κ3) is 3.68. The predicted molar refractivity (Wildman–Crippen MR) is 93.5 cm³/mol. The van der Waals surface area contributed by atoms with E-state index in [0.717, 1.165) is 45.8 Å². The van der Waals surface area contributed by atoms with Crippen LogP contribution in [0, 0.1) is 11.3 Å². The van der Waals surface area contributed by atoms with Crippen molar-refractivity contribution in [2.24, 2.45) is 0 Å². The number of nitrogens with zero attached hydrogens (tertiary/aromatic N) is 3. The molecule has 0 spiro atoms. The van der Waals surface area contributed by atoms with Crippen LogP contribution in [0.15, 0.2) is 34.7 Å². The summed E-state index contributed by atoms with van der Waals surface area (Å²) in [6, 6.07) is 12.6. The summed E-state index contributed by atoms with van der Waals surface area (Å²) >= 11 is 0.